The number of nitrogens with zero attached hydrogens (tertiary/aromatic N) is 3. The highest BCUT2D eigenvalue weighted by Crippen LogP contribution is 2.28. The van der Waals surface area contributed by atoms with E-state index in [1.54, 1.807) is 0 Å². The molecule has 20 heavy (non-hydrogen) atoms. The molecule has 1 atom stereocenters. The predicted octanol–water partition coefficient (Wildman–Crippen LogP) is 2.90. The number of likely N-dealkylation sites (tertiary alicyclic amines) is 1. The number of hydrogen-bond acceptors (Lipinski definition) is 4. The maximum absolute atomic E-state index is 12.6. The lowest BCUT2D eigenvalue weighted by Crippen LogP contribution is -2.23. The molecule has 1 aliphatic rings. The first-order valence-corrected chi connectivity index (χ1v) is 6.84. The maximum Gasteiger partial charge on any atom is 0.451 e. The van der Waals surface area contributed by atoms with Gasteiger partial charge in [0.05, 0.1) is 0 Å². The van der Waals surface area contributed by atoms with Gasteiger partial charge in [-0.15, -0.1) is 0 Å². The van der Waals surface area contributed by atoms with E-state index < -0.39 is 12.0 Å². The zero-order valence-electron chi connectivity index (χ0n) is 11.0. The molecule has 1 saturated heterocycles. The van der Waals surface area contributed by atoms with Crippen LogP contribution in [-0.4, -0.2) is 41.0 Å². The van der Waals surface area contributed by atoms with Gasteiger partial charge in [-0.2, -0.15) is 13.2 Å². The average Bonchev–Trinajstić information content (AvgIpc) is 2.82. The highest BCUT2D eigenvalue weighted by molar-refractivity contribution is 6.29. The largest absolute Gasteiger partial charge is 0.451 e. The quantitative estimate of drug-likeness (QED) is 0.868. The van der Waals surface area contributed by atoms with Crippen LogP contribution in [0.1, 0.15) is 19.2 Å². The molecule has 1 aromatic rings. The number of anilines is 1. The van der Waals surface area contributed by atoms with Crippen LogP contribution in [0.15, 0.2) is 6.07 Å². The highest BCUT2D eigenvalue weighted by atomic mass is 35.5. The molecule has 112 valence electrons. The Kier molecular flexibility index (Phi) is 4.70. The van der Waals surface area contributed by atoms with Crippen LogP contribution in [0.4, 0.5) is 19.0 Å². The van der Waals surface area contributed by atoms with E-state index in [1.165, 1.54) is 6.07 Å². The molecule has 1 fully saturated rings. The van der Waals surface area contributed by atoms with Crippen molar-refractivity contribution in [1.29, 1.82) is 0 Å². The van der Waals surface area contributed by atoms with Crippen molar-refractivity contribution in [3.8, 4) is 0 Å². The summed E-state index contributed by atoms with van der Waals surface area (Å²) >= 11 is 5.60. The minimum absolute atomic E-state index is 0.118. The van der Waals surface area contributed by atoms with Crippen LogP contribution in [-0.2, 0) is 6.18 Å². The van der Waals surface area contributed by atoms with E-state index in [4.69, 9.17) is 11.6 Å². The van der Waals surface area contributed by atoms with Gasteiger partial charge < -0.3 is 10.2 Å². The molecule has 0 bridgehead atoms. The second kappa shape index (κ2) is 6.13. The molecule has 0 aromatic carbocycles. The van der Waals surface area contributed by atoms with Crippen LogP contribution in [0.25, 0.3) is 0 Å². The zero-order valence-corrected chi connectivity index (χ0v) is 11.8. The smallest absolute Gasteiger partial charge is 0.370 e. The summed E-state index contributed by atoms with van der Waals surface area (Å²) in [5.74, 6) is -0.681. The van der Waals surface area contributed by atoms with Crippen molar-refractivity contribution < 1.29 is 13.2 Å². The maximum atomic E-state index is 12.6. The van der Waals surface area contributed by atoms with Gasteiger partial charge in [-0.3, -0.25) is 0 Å². The number of aromatic nitrogens is 2. The van der Waals surface area contributed by atoms with Crippen LogP contribution in [0.3, 0.4) is 0 Å². The molecule has 8 heteroatoms. The van der Waals surface area contributed by atoms with Gasteiger partial charge in [-0.05, 0) is 25.4 Å². The van der Waals surface area contributed by atoms with Crippen molar-refractivity contribution in [3.63, 3.8) is 0 Å². The first-order valence-electron chi connectivity index (χ1n) is 6.46. The molecule has 2 heterocycles. The molecular formula is C12H16ClF3N4. The Hall–Kier alpha value is -1.08. The minimum atomic E-state index is -4.59. The van der Waals surface area contributed by atoms with Gasteiger partial charge in [0.15, 0.2) is 0 Å². The van der Waals surface area contributed by atoms with Crippen LogP contribution in [0.2, 0.25) is 5.15 Å². The van der Waals surface area contributed by atoms with Crippen molar-refractivity contribution in [2.24, 2.45) is 5.92 Å². The summed E-state index contributed by atoms with van der Waals surface area (Å²) in [6.45, 7) is 5.65. The molecule has 1 unspecified atom stereocenters. The lowest BCUT2D eigenvalue weighted by molar-refractivity contribution is -0.144. The van der Waals surface area contributed by atoms with Gasteiger partial charge in [-0.1, -0.05) is 18.5 Å². The normalized spacial score (nSPS) is 20.4. The third-order valence-electron chi connectivity index (χ3n) is 3.34. The van der Waals surface area contributed by atoms with Crippen molar-refractivity contribution in [1.82, 2.24) is 14.9 Å². The molecule has 4 nitrogen and oxygen atoms in total. The molecule has 2 rings (SSSR count). The van der Waals surface area contributed by atoms with Crippen molar-refractivity contribution in [3.05, 3.63) is 17.0 Å². The fraction of sp³-hybridized carbons (Fsp3) is 0.667. The summed E-state index contributed by atoms with van der Waals surface area (Å²) in [5, 5.41) is 2.71. The number of rotatable bonds is 4. The van der Waals surface area contributed by atoms with E-state index in [-0.39, 0.29) is 11.0 Å². The topological polar surface area (TPSA) is 41.0 Å². The molecule has 0 spiro atoms. The standard InChI is InChI=1S/C12H16ClF3N4/c1-2-20-4-3-8(7-20)6-17-10-5-9(13)18-11(19-10)12(14,15)16/h5,8H,2-4,6-7H2,1H3,(H,17,18,19). The van der Waals surface area contributed by atoms with Crippen molar-refractivity contribution in [2.75, 3.05) is 31.5 Å². The second-order valence-corrected chi connectivity index (χ2v) is 5.21. The second-order valence-electron chi connectivity index (χ2n) is 4.83. The first-order chi connectivity index (χ1) is 9.38. The Balaban J connectivity index is 1.98. The number of halogens is 4. The van der Waals surface area contributed by atoms with Crippen molar-refractivity contribution >= 4 is 17.4 Å². The van der Waals surface area contributed by atoms with E-state index in [1.807, 2.05) is 0 Å². The van der Waals surface area contributed by atoms with Gasteiger partial charge in [0, 0.05) is 19.2 Å². The summed E-state index contributed by atoms with van der Waals surface area (Å²) in [7, 11) is 0. The summed E-state index contributed by atoms with van der Waals surface area (Å²) in [4.78, 5) is 8.96. The van der Waals surface area contributed by atoms with Gasteiger partial charge >= 0.3 is 6.18 Å². The van der Waals surface area contributed by atoms with E-state index in [2.05, 4.69) is 27.1 Å². The number of nitrogens with one attached hydrogen (secondary N) is 1. The van der Waals surface area contributed by atoms with E-state index in [0.717, 1.165) is 26.1 Å². The molecule has 1 N–H and O–H groups in total. The monoisotopic (exact) mass is 308 g/mol. The summed E-state index contributed by atoms with van der Waals surface area (Å²) in [5.41, 5.74) is 0. The van der Waals surface area contributed by atoms with Crippen LogP contribution in [0, 0.1) is 5.92 Å². The van der Waals surface area contributed by atoms with Gasteiger partial charge in [0.25, 0.3) is 0 Å². The van der Waals surface area contributed by atoms with E-state index >= 15 is 0 Å². The van der Waals surface area contributed by atoms with Gasteiger partial charge in [0.2, 0.25) is 5.82 Å². The zero-order chi connectivity index (χ0) is 14.8. The summed E-state index contributed by atoms with van der Waals surface area (Å²) in [6, 6.07) is 1.31. The molecule has 0 amide bonds. The van der Waals surface area contributed by atoms with Crippen LogP contribution >= 0.6 is 11.6 Å². The summed E-state index contributed by atoms with van der Waals surface area (Å²) in [6.07, 6.45) is -3.56. The molecule has 0 aliphatic carbocycles. The van der Waals surface area contributed by atoms with Gasteiger partial charge in [0.1, 0.15) is 11.0 Å². The molecule has 1 aliphatic heterocycles. The Bertz CT molecular complexity index is 467. The fourth-order valence-electron chi connectivity index (χ4n) is 2.25. The molecular weight excluding hydrogens is 293 g/mol. The van der Waals surface area contributed by atoms with E-state index in [9.17, 15) is 13.2 Å². The first kappa shape index (κ1) is 15.3. The fourth-order valence-corrected chi connectivity index (χ4v) is 2.43. The summed E-state index contributed by atoms with van der Waals surface area (Å²) < 4.78 is 37.7. The molecule has 0 saturated carbocycles. The lowest BCUT2D eigenvalue weighted by atomic mass is 10.1. The van der Waals surface area contributed by atoms with Crippen LogP contribution in [0.5, 0.6) is 0 Å². The Morgan fingerprint density at radius 2 is 2.20 bits per heavy atom. The Morgan fingerprint density at radius 1 is 1.45 bits per heavy atom. The van der Waals surface area contributed by atoms with Gasteiger partial charge in [-0.25, -0.2) is 9.97 Å². The highest BCUT2D eigenvalue weighted by Gasteiger charge is 2.35. The Labute approximate surface area is 120 Å². The lowest BCUT2D eigenvalue weighted by Gasteiger charge is -2.14. The molecule has 0 radical (unpaired) electrons. The van der Waals surface area contributed by atoms with E-state index in [0.29, 0.717) is 12.5 Å². The Morgan fingerprint density at radius 3 is 2.80 bits per heavy atom. The van der Waals surface area contributed by atoms with Crippen molar-refractivity contribution in [2.45, 2.75) is 19.5 Å². The molecule has 1 aromatic heterocycles. The predicted molar refractivity (Wildman–Crippen MR) is 70.8 cm³/mol. The van der Waals surface area contributed by atoms with Crippen LogP contribution < -0.4 is 5.32 Å². The third-order valence-corrected chi connectivity index (χ3v) is 3.53. The number of hydrogen-bond donors (Lipinski definition) is 1. The number of alkyl halides is 3. The third kappa shape index (κ3) is 3.96. The SMILES string of the molecule is CCN1CCC(CNc2cc(Cl)nc(C(F)(F)F)n2)C1. The minimum Gasteiger partial charge on any atom is -0.370 e. The average molecular weight is 309 g/mol.